The summed E-state index contributed by atoms with van der Waals surface area (Å²) in [6.45, 7) is 1.08. The Morgan fingerprint density at radius 1 is 0.814 bits per heavy atom. The van der Waals surface area contributed by atoms with Gasteiger partial charge in [-0.2, -0.15) is 0 Å². The van der Waals surface area contributed by atoms with E-state index in [0.717, 1.165) is 19.3 Å². The topological polar surface area (TPSA) is 147 Å². The normalized spacial score (nSPS) is 28.3. The van der Waals surface area contributed by atoms with E-state index >= 15 is 0 Å². The summed E-state index contributed by atoms with van der Waals surface area (Å²) >= 11 is 0. The van der Waals surface area contributed by atoms with Gasteiger partial charge < -0.3 is 29.2 Å². The minimum absolute atomic E-state index is 0.0451. The molecule has 1 spiro atoms. The summed E-state index contributed by atoms with van der Waals surface area (Å²) in [4.78, 5) is 24.4. The molecule has 0 unspecified atom stereocenters. The summed E-state index contributed by atoms with van der Waals surface area (Å²) in [7, 11) is -4.48. The third-order valence-corrected chi connectivity index (χ3v) is 9.37. The second-order valence-corrected chi connectivity index (χ2v) is 12.9. The van der Waals surface area contributed by atoms with E-state index in [0.29, 0.717) is 24.0 Å². The third kappa shape index (κ3) is 7.98. The highest BCUT2D eigenvalue weighted by molar-refractivity contribution is 7.48. The zero-order valence-corrected chi connectivity index (χ0v) is 25.0. The Morgan fingerprint density at radius 3 is 1.93 bits per heavy atom. The number of phosphoric ester groups is 1. The number of ketones is 1. The third-order valence-electron chi connectivity index (χ3n) is 7.98. The monoisotopic (exact) mass is 618 g/mol. The fraction of sp³-hybridized carbons (Fsp3) is 0.548. The number of esters is 1. The number of rotatable bonds is 12. The van der Waals surface area contributed by atoms with E-state index in [2.05, 4.69) is 0 Å². The van der Waals surface area contributed by atoms with Crippen molar-refractivity contribution in [1.82, 2.24) is 0 Å². The molecule has 2 N–H and O–H groups in total. The van der Waals surface area contributed by atoms with Crippen LogP contribution in [0.4, 0.5) is 0 Å². The molecule has 3 aliphatic rings. The summed E-state index contributed by atoms with van der Waals surface area (Å²) < 4.78 is 50.0. The molecule has 234 valence electrons. The fourth-order valence-corrected chi connectivity index (χ4v) is 7.07. The fourth-order valence-electron chi connectivity index (χ4n) is 5.72. The van der Waals surface area contributed by atoms with E-state index in [1.54, 1.807) is 48.5 Å². The number of fused-ring (bicyclic) bond motifs is 1. The van der Waals surface area contributed by atoms with E-state index < -0.39 is 56.2 Å². The van der Waals surface area contributed by atoms with Gasteiger partial charge in [0.1, 0.15) is 36.3 Å². The highest BCUT2D eigenvalue weighted by Crippen LogP contribution is 2.55. The highest BCUT2D eigenvalue weighted by atomic mass is 31.2. The van der Waals surface area contributed by atoms with E-state index in [4.69, 9.17) is 27.8 Å². The van der Waals surface area contributed by atoms with Gasteiger partial charge in [-0.15, -0.1) is 0 Å². The number of carbonyl (C=O) groups is 2. The number of aliphatic hydroxyl groups is 2. The summed E-state index contributed by atoms with van der Waals surface area (Å²) in [5.41, 5.74) is 1.39. The van der Waals surface area contributed by atoms with E-state index in [-0.39, 0.29) is 31.8 Å². The van der Waals surface area contributed by atoms with Gasteiger partial charge in [-0.25, -0.2) is 4.57 Å². The Balaban J connectivity index is 1.42. The van der Waals surface area contributed by atoms with E-state index in [1.165, 1.54) is 6.92 Å². The average Bonchev–Trinajstić information content (AvgIpc) is 3.38. The molecule has 2 aromatic carbocycles. The van der Waals surface area contributed by atoms with Gasteiger partial charge >= 0.3 is 13.8 Å². The number of aliphatic hydroxyl groups excluding tert-OH is 2. The Morgan fingerprint density at radius 2 is 1.37 bits per heavy atom. The summed E-state index contributed by atoms with van der Waals surface area (Å²) in [6.07, 6.45) is -4.65. The van der Waals surface area contributed by atoms with Gasteiger partial charge in [0.05, 0.1) is 19.6 Å². The largest absolute Gasteiger partial charge is 0.475 e. The van der Waals surface area contributed by atoms with Crippen molar-refractivity contribution in [2.75, 3.05) is 0 Å². The molecule has 3 fully saturated rings. The minimum atomic E-state index is -4.48. The molecule has 2 aromatic rings. The lowest BCUT2D eigenvalue weighted by Gasteiger charge is -2.43. The maximum Gasteiger partial charge on any atom is 0.475 e. The van der Waals surface area contributed by atoms with Gasteiger partial charge in [-0.05, 0) is 30.9 Å². The van der Waals surface area contributed by atoms with Crippen molar-refractivity contribution >= 4 is 19.6 Å². The molecule has 0 aromatic heterocycles. The SMILES string of the molecule is CC(=O)CCC(=O)O[C@@H]1[C@H]2OC3(CCCCC3)O[C@H]2[C@@H](O)[C@H](O)[C@H]1OP(=O)(OCc1ccccc1)OCc1ccccc1. The summed E-state index contributed by atoms with van der Waals surface area (Å²) in [6, 6.07) is 18.0. The van der Waals surface area contributed by atoms with Crippen LogP contribution in [-0.2, 0) is 55.1 Å². The van der Waals surface area contributed by atoms with Crippen molar-refractivity contribution in [3.8, 4) is 0 Å². The molecule has 11 nitrogen and oxygen atoms in total. The predicted octanol–water partition coefficient (Wildman–Crippen LogP) is 4.37. The Labute approximate surface area is 251 Å². The van der Waals surface area contributed by atoms with Gasteiger partial charge in [-0.1, -0.05) is 67.1 Å². The number of ether oxygens (including phenoxy) is 3. The number of benzene rings is 2. The quantitative estimate of drug-likeness (QED) is 0.258. The lowest BCUT2D eigenvalue weighted by Crippen LogP contribution is -2.64. The zero-order valence-electron chi connectivity index (χ0n) is 24.1. The van der Waals surface area contributed by atoms with Crippen LogP contribution in [-0.4, -0.2) is 64.4 Å². The van der Waals surface area contributed by atoms with Gasteiger partial charge in [-0.3, -0.25) is 18.4 Å². The Hall–Kier alpha value is -2.47. The van der Waals surface area contributed by atoms with Crippen LogP contribution in [0.25, 0.3) is 0 Å². The number of Topliss-reactive ketones (excluding diaryl/α,β-unsaturated/α-hetero) is 1. The molecule has 0 amide bonds. The van der Waals surface area contributed by atoms with Crippen LogP contribution in [0.3, 0.4) is 0 Å². The van der Waals surface area contributed by atoms with Crippen molar-refractivity contribution in [1.29, 1.82) is 0 Å². The van der Waals surface area contributed by atoms with Gasteiger partial charge in [0.25, 0.3) is 0 Å². The van der Waals surface area contributed by atoms with Crippen molar-refractivity contribution in [2.24, 2.45) is 0 Å². The maximum atomic E-state index is 14.2. The summed E-state index contributed by atoms with van der Waals surface area (Å²) in [5.74, 6) is -1.95. The Bertz CT molecular complexity index is 1220. The average molecular weight is 619 g/mol. The molecule has 0 radical (unpaired) electrons. The van der Waals surface area contributed by atoms with Gasteiger partial charge in [0, 0.05) is 19.3 Å². The van der Waals surface area contributed by atoms with Gasteiger partial charge in [0.2, 0.25) is 0 Å². The zero-order chi connectivity index (χ0) is 30.5. The number of phosphoric acid groups is 1. The predicted molar refractivity (Wildman–Crippen MR) is 152 cm³/mol. The minimum Gasteiger partial charge on any atom is -0.457 e. The lowest BCUT2D eigenvalue weighted by molar-refractivity contribution is -0.210. The molecule has 1 aliphatic heterocycles. The van der Waals surface area contributed by atoms with Crippen molar-refractivity contribution < 1.29 is 52.1 Å². The van der Waals surface area contributed by atoms with Crippen LogP contribution in [0.2, 0.25) is 0 Å². The Kier molecular flexibility index (Phi) is 10.5. The molecule has 0 bridgehead atoms. The van der Waals surface area contributed by atoms with E-state index in [9.17, 15) is 24.4 Å². The van der Waals surface area contributed by atoms with Crippen LogP contribution in [0.5, 0.6) is 0 Å². The number of carbonyl (C=O) groups excluding carboxylic acids is 2. The molecule has 5 rings (SSSR count). The van der Waals surface area contributed by atoms with Crippen LogP contribution in [0.1, 0.15) is 63.0 Å². The second kappa shape index (κ2) is 14.1. The first-order valence-electron chi connectivity index (χ1n) is 14.7. The molecule has 2 saturated carbocycles. The molecule has 6 atom stereocenters. The van der Waals surface area contributed by atoms with Crippen molar-refractivity contribution in [3.05, 3.63) is 71.8 Å². The van der Waals surface area contributed by atoms with Crippen molar-refractivity contribution in [3.63, 3.8) is 0 Å². The molecule has 43 heavy (non-hydrogen) atoms. The van der Waals surface area contributed by atoms with Crippen molar-refractivity contribution in [2.45, 2.75) is 107 Å². The van der Waals surface area contributed by atoms with E-state index in [1.807, 2.05) is 12.1 Å². The molecule has 1 saturated heterocycles. The van der Waals surface area contributed by atoms with Crippen LogP contribution in [0.15, 0.2) is 60.7 Å². The summed E-state index contributed by atoms with van der Waals surface area (Å²) in [5, 5.41) is 22.5. The molecule has 12 heteroatoms. The van der Waals surface area contributed by atoms with Crippen LogP contribution in [0, 0.1) is 0 Å². The van der Waals surface area contributed by atoms with Crippen LogP contribution >= 0.6 is 7.82 Å². The van der Waals surface area contributed by atoms with Gasteiger partial charge in [0.15, 0.2) is 11.9 Å². The molecular formula is C31H39O11P. The molecule has 2 aliphatic carbocycles. The van der Waals surface area contributed by atoms with Crippen LogP contribution < -0.4 is 0 Å². The molecule has 1 heterocycles. The molecular weight excluding hydrogens is 579 g/mol. The number of hydrogen-bond acceptors (Lipinski definition) is 11. The smallest absolute Gasteiger partial charge is 0.457 e. The first-order valence-corrected chi connectivity index (χ1v) is 16.2. The highest BCUT2D eigenvalue weighted by Gasteiger charge is 2.63. The second-order valence-electron chi connectivity index (χ2n) is 11.3. The maximum absolute atomic E-state index is 14.2. The number of hydrogen-bond donors (Lipinski definition) is 2. The lowest BCUT2D eigenvalue weighted by atomic mass is 9.85. The standard InChI is InChI=1S/C31H39O11P/c1-21(32)15-16-24(33)39-29-28(26(35)25(34)27-30(29)41-31(40-27)17-9-4-10-18-31)42-43(36,37-19-22-11-5-2-6-12-22)38-20-23-13-7-3-8-14-23/h2-3,5-8,11-14,25-30,34-35H,4,9-10,15-20H2,1H3/t25-,26-,27-,28+,29-,30-/m0/s1. The first-order chi connectivity index (χ1) is 20.7. The first kappa shape index (κ1) is 31.9.